The van der Waals surface area contributed by atoms with Gasteiger partial charge in [-0.3, -0.25) is 38.4 Å². The lowest BCUT2D eigenvalue weighted by Crippen LogP contribution is -2.62. The lowest BCUT2D eigenvalue weighted by molar-refractivity contribution is -0.145. The molecule has 70 heavy (non-hydrogen) atoms. The molecule has 1 aromatic heterocycles. The summed E-state index contributed by atoms with van der Waals surface area (Å²) in [5.41, 5.74) is 12.9. The number of para-hydroxylation sites is 1. The van der Waals surface area contributed by atoms with Crippen molar-refractivity contribution in [1.29, 1.82) is 0 Å². The highest BCUT2D eigenvalue weighted by atomic mass is 33.1. The molecule has 1 aliphatic carbocycles. The molecule has 5 rings (SSSR count). The quantitative estimate of drug-likeness (QED) is 0.114. The van der Waals surface area contributed by atoms with Crippen molar-refractivity contribution in [3.05, 3.63) is 36.0 Å². The second-order valence-corrected chi connectivity index (χ2v) is 21.8. The SMILES string of the molecule is CC[C@H](C)[C@@H]1NC(=O)[C@H]([C@@H](C)CC)NC(=O)[C@@H](Cc2c[nH]c3ccccc23)NC(=O)CC2(CCCCC2)SSC[C@@H](C(=O)N2CCC[C@H]2C(=O)N[C@@H](CCCN)C(=O)O)NC(=O)[C@H](CC(N)=O)NC1=O. The Labute approximate surface area is 417 Å². The van der Waals surface area contributed by atoms with Gasteiger partial charge in [0.15, 0.2) is 0 Å². The molecule has 0 radical (unpaired) electrons. The molecule has 1 spiro atoms. The molecular formula is C48H72N10O10S2. The molecule has 2 aromatic rings. The zero-order chi connectivity index (χ0) is 51.1. The largest absolute Gasteiger partial charge is 0.480 e. The first-order chi connectivity index (χ1) is 33.4. The summed E-state index contributed by atoms with van der Waals surface area (Å²) in [5.74, 6) is -7.97. The normalized spacial score (nSPS) is 25.6. The van der Waals surface area contributed by atoms with E-state index in [1.807, 2.05) is 31.2 Å². The number of aromatic amines is 1. The molecule has 386 valence electrons. The average Bonchev–Trinajstić information content (AvgIpc) is 4.00. The molecule has 9 atom stereocenters. The third kappa shape index (κ3) is 14.8. The molecule has 12 N–H and O–H groups in total. The minimum absolute atomic E-state index is 0.00908. The minimum Gasteiger partial charge on any atom is -0.480 e. The topological polar surface area (TPSA) is 317 Å². The van der Waals surface area contributed by atoms with Crippen molar-refractivity contribution < 1.29 is 48.3 Å². The number of nitrogens with zero attached hydrogens (tertiary/aromatic N) is 1. The van der Waals surface area contributed by atoms with Crippen LogP contribution < -0.4 is 43.4 Å². The van der Waals surface area contributed by atoms with E-state index in [9.17, 15) is 48.3 Å². The third-order valence-electron chi connectivity index (χ3n) is 13.9. The number of primary amides is 1. The number of aromatic nitrogens is 1. The molecule has 1 aromatic carbocycles. The third-order valence-corrected chi connectivity index (χ3v) is 17.2. The highest BCUT2D eigenvalue weighted by molar-refractivity contribution is 8.77. The van der Waals surface area contributed by atoms with Crippen LogP contribution in [0.5, 0.6) is 0 Å². The van der Waals surface area contributed by atoms with Gasteiger partial charge in [0.2, 0.25) is 47.3 Å². The number of aliphatic carboxylic acids is 1. The molecule has 3 aliphatic rings. The number of benzene rings is 1. The van der Waals surface area contributed by atoms with Crippen LogP contribution >= 0.6 is 21.6 Å². The number of carbonyl (C=O) groups excluding carboxylic acids is 8. The van der Waals surface area contributed by atoms with Gasteiger partial charge < -0.3 is 58.4 Å². The van der Waals surface area contributed by atoms with Gasteiger partial charge in [-0.2, -0.15) is 0 Å². The fraction of sp³-hybridized carbons (Fsp3) is 0.646. The molecule has 3 fully saturated rings. The van der Waals surface area contributed by atoms with Crippen molar-refractivity contribution in [1.82, 2.24) is 41.8 Å². The standard InChI is InChI=1S/C48H72N10O10S2/c1-5-27(3)39-44(64)54-34(23-37(50)59)41(61)55-35(46(66)58-21-13-17-36(58)43(63)53-32(47(67)68)16-12-20-49)26-69-70-48(18-10-7-11-19-48)24-38(60)52-33(22-29-25-51-31-15-9-8-14-30(29)31)42(62)56-40(28(4)6-2)45(65)57-39/h8-9,14-15,25,27-28,32-36,39-40,51H,5-7,10-13,16-24,26,49H2,1-4H3,(H2,50,59)(H,52,60)(H,53,63)(H,54,64)(H,55,61)(H,56,62)(H,57,65)(H,67,68)/t27-,28-,32-,33+,34-,35-,36-,39-,40-/m0/s1. The fourth-order valence-corrected chi connectivity index (χ4v) is 12.7. The number of nitrogens with two attached hydrogens (primary N) is 2. The number of carboxylic acid groups (broad SMARTS) is 1. The summed E-state index contributed by atoms with van der Waals surface area (Å²) >= 11 is 0. The van der Waals surface area contributed by atoms with Crippen LogP contribution in [0.15, 0.2) is 30.5 Å². The Kier molecular flexibility index (Phi) is 20.8. The molecule has 20 nitrogen and oxygen atoms in total. The monoisotopic (exact) mass is 1010 g/mol. The maximum atomic E-state index is 14.7. The number of hydrogen-bond donors (Lipinski definition) is 10. The van der Waals surface area contributed by atoms with E-state index in [2.05, 4.69) is 36.9 Å². The first-order valence-electron chi connectivity index (χ1n) is 24.6. The van der Waals surface area contributed by atoms with Crippen molar-refractivity contribution in [3.63, 3.8) is 0 Å². The van der Waals surface area contributed by atoms with Crippen molar-refractivity contribution in [2.45, 2.75) is 165 Å². The van der Waals surface area contributed by atoms with Crippen LogP contribution in [0.1, 0.15) is 117 Å². The summed E-state index contributed by atoms with van der Waals surface area (Å²) in [7, 11) is 2.65. The summed E-state index contributed by atoms with van der Waals surface area (Å²) in [4.78, 5) is 130. The minimum atomic E-state index is -1.60. The summed E-state index contributed by atoms with van der Waals surface area (Å²) in [6.07, 6.45) is 6.94. The Hall–Kier alpha value is -5.35. The Bertz CT molecular complexity index is 2200. The number of carboxylic acids is 1. The van der Waals surface area contributed by atoms with E-state index >= 15 is 0 Å². The predicted molar refractivity (Wildman–Crippen MR) is 267 cm³/mol. The van der Waals surface area contributed by atoms with Crippen LogP contribution in [-0.4, -0.2) is 134 Å². The van der Waals surface area contributed by atoms with Gasteiger partial charge in [0.25, 0.3) is 0 Å². The number of amides is 8. The van der Waals surface area contributed by atoms with Crippen LogP contribution in [0.3, 0.4) is 0 Å². The first kappa shape index (κ1) is 55.6. The Balaban J connectivity index is 1.54. The van der Waals surface area contributed by atoms with Crippen LogP contribution in [0.2, 0.25) is 0 Å². The fourth-order valence-electron chi connectivity index (χ4n) is 9.35. The Morgan fingerprint density at radius 2 is 1.50 bits per heavy atom. The summed E-state index contributed by atoms with van der Waals surface area (Å²) in [5, 5.41) is 27.3. The predicted octanol–water partition coefficient (Wildman–Crippen LogP) is 1.89. The maximum Gasteiger partial charge on any atom is 0.326 e. The van der Waals surface area contributed by atoms with Gasteiger partial charge in [0.1, 0.15) is 42.3 Å². The van der Waals surface area contributed by atoms with Crippen LogP contribution in [-0.2, 0) is 49.6 Å². The second-order valence-electron chi connectivity index (χ2n) is 19.0. The highest BCUT2D eigenvalue weighted by Gasteiger charge is 2.43. The molecule has 2 aliphatic heterocycles. The lowest BCUT2D eigenvalue weighted by Gasteiger charge is -2.37. The van der Waals surface area contributed by atoms with Crippen LogP contribution in [0.4, 0.5) is 0 Å². The number of nitrogens with one attached hydrogen (secondary N) is 7. The number of carbonyl (C=O) groups is 9. The molecule has 2 saturated heterocycles. The number of likely N-dealkylation sites (tertiary alicyclic amines) is 1. The van der Waals surface area contributed by atoms with E-state index in [1.54, 1.807) is 27.0 Å². The van der Waals surface area contributed by atoms with Gasteiger partial charge in [-0.15, -0.1) is 0 Å². The number of H-pyrrole nitrogens is 1. The highest BCUT2D eigenvalue weighted by Crippen LogP contribution is 2.48. The molecule has 22 heteroatoms. The van der Waals surface area contributed by atoms with Gasteiger partial charge in [-0.25, -0.2) is 4.79 Å². The van der Waals surface area contributed by atoms with Gasteiger partial charge in [0.05, 0.1) is 6.42 Å². The maximum absolute atomic E-state index is 14.7. The Morgan fingerprint density at radius 3 is 2.14 bits per heavy atom. The molecule has 8 amide bonds. The van der Waals surface area contributed by atoms with Crippen LogP contribution in [0.25, 0.3) is 10.9 Å². The van der Waals surface area contributed by atoms with Crippen molar-refractivity contribution in [3.8, 4) is 0 Å². The summed E-state index contributed by atoms with van der Waals surface area (Å²) in [6, 6.07) is -1.21. The van der Waals surface area contributed by atoms with Gasteiger partial charge >= 0.3 is 5.97 Å². The molecular weight excluding hydrogens is 941 g/mol. The lowest BCUT2D eigenvalue weighted by atomic mass is 9.85. The smallest absolute Gasteiger partial charge is 0.326 e. The first-order valence-corrected chi connectivity index (χ1v) is 26.9. The van der Waals surface area contributed by atoms with E-state index in [0.29, 0.717) is 38.5 Å². The van der Waals surface area contributed by atoms with E-state index in [0.717, 1.165) is 35.7 Å². The molecule has 1 saturated carbocycles. The van der Waals surface area contributed by atoms with E-state index in [-0.39, 0.29) is 44.5 Å². The number of rotatable bonds is 15. The van der Waals surface area contributed by atoms with Gasteiger partial charge in [0, 0.05) is 47.0 Å². The zero-order valence-electron chi connectivity index (χ0n) is 40.6. The van der Waals surface area contributed by atoms with Crippen LogP contribution in [0, 0.1) is 11.8 Å². The van der Waals surface area contributed by atoms with Crippen molar-refractivity contribution in [2.24, 2.45) is 23.3 Å². The van der Waals surface area contributed by atoms with E-state index < -0.39 is 119 Å². The summed E-state index contributed by atoms with van der Waals surface area (Å²) < 4.78 is -0.661. The van der Waals surface area contributed by atoms with E-state index in [1.165, 1.54) is 26.5 Å². The number of fused-ring (bicyclic) bond motifs is 1. The second kappa shape index (κ2) is 26.2. The average molecular weight is 1010 g/mol. The molecule has 0 bridgehead atoms. The van der Waals surface area contributed by atoms with Crippen molar-refractivity contribution in [2.75, 3.05) is 18.8 Å². The number of hydrogen-bond acceptors (Lipinski definition) is 12. The van der Waals surface area contributed by atoms with Gasteiger partial charge in [-0.1, -0.05) is 99.6 Å². The zero-order valence-corrected chi connectivity index (χ0v) is 42.3. The summed E-state index contributed by atoms with van der Waals surface area (Å²) in [6.45, 7) is 7.50. The van der Waals surface area contributed by atoms with E-state index in [4.69, 9.17) is 11.5 Å². The molecule has 0 unspecified atom stereocenters. The molecule has 3 heterocycles. The van der Waals surface area contributed by atoms with Gasteiger partial charge in [-0.05, 0) is 68.5 Å². The van der Waals surface area contributed by atoms with Crippen molar-refractivity contribution >= 4 is 85.7 Å². The Morgan fingerprint density at radius 1 is 0.857 bits per heavy atom.